The van der Waals surface area contributed by atoms with Crippen LogP contribution in [-0.2, 0) is 4.79 Å². The van der Waals surface area contributed by atoms with Gasteiger partial charge in [-0.05, 0) is 37.6 Å². The van der Waals surface area contributed by atoms with Gasteiger partial charge in [0.25, 0.3) is 0 Å². The fourth-order valence-corrected chi connectivity index (χ4v) is 1.65. The standard InChI is InChI=1S/C11H12Cl2FNO/c1-6(2)15-11(16)10(13)7-3-8(12)5-9(14)4-7/h3-6,10H,1-2H3,(H,15,16). The van der Waals surface area contributed by atoms with Crippen molar-refractivity contribution in [2.45, 2.75) is 25.3 Å². The minimum atomic E-state index is -0.935. The molecule has 0 saturated carbocycles. The smallest absolute Gasteiger partial charge is 0.242 e. The summed E-state index contributed by atoms with van der Waals surface area (Å²) in [6.07, 6.45) is 0. The maximum atomic E-state index is 13.0. The van der Waals surface area contributed by atoms with Gasteiger partial charge in [-0.3, -0.25) is 4.79 Å². The van der Waals surface area contributed by atoms with E-state index in [9.17, 15) is 9.18 Å². The molecule has 1 aromatic carbocycles. The zero-order chi connectivity index (χ0) is 12.3. The summed E-state index contributed by atoms with van der Waals surface area (Å²) < 4.78 is 13.0. The minimum absolute atomic E-state index is 0.0159. The lowest BCUT2D eigenvalue weighted by atomic mass is 10.1. The van der Waals surface area contributed by atoms with Crippen LogP contribution in [-0.4, -0.2) is 11.9 Å². The van der Waals surface area contributed by atoms with Crippen molar-refractivity contribution in [3.8, 4) is 0 Å². The molecule has 1 unspecified atom stereocenters. The van der Waals surface area contributed by atoms with Crippen LogP contribution in [0.5, 0.6) is 0 Å². The molecule has 16 heavy (non-hydrogen) atoms. The van der Waals surface area contributed by atoms with E-state index in [2.05, 4.69) is 5.32 Å². The van der Waals surface area contributed by atoms with Gasteiger partial charge in [-0.15, -0.1) is 11.6 Å². The molecule has 1 amide bonds. The summed E-state index contributed by atoms with van der Waals surface area (Å²) in [7, 11) is 0. The van der Waals surface area contributed by atoms with Crippen LogP contribution >= 0.6 is 23.2 Å². The number of halogens is 3. The fraction of sp³-hybridized carbons (Fsp3) is 0.364. The first-order valence-electron chi connectivity index (χ1n) is 4.80. The molecule has 0 bridgehead atoms. The molecule has 1 N–H and O–H groups in total. The normalized spacial score (nSPS) is 12.6. The molecule has 0 fully saturated rings. The first-order valence-corrected chi connectivity index (χ1v) is 5.62. The molecule has 0 spiro atoms. The van der Waals surface area contributed by atoms with Crippen molar-refractivity contribution in [2.75, 3.05) is 0 Å². The SMILES string of the molecule is CC(C)NC(=O)C(Cl)c1cc(F)cc(Cl)c1. The summed E-state index contributed by atoms with van der Waals surface area (Å²) in [6.45, 7) is 3.64. The molecule has 0 radical (unpaired) electrons. The highest BCUT2D eigenvalue weighted by atomic mass is 35.5. The van der Waals surface area contributed by atoms with Crippen LogP contribution in [0.3, 0.4) is 0 Å². The average Bonchev–Trinajstić information content (AvgIpc) is 2.13. The third-order valence-corrected chi connectivity index (χ3v) is 2.51. The van der Waals surface area contributed by atoms with Gasteiger partial charge >= 0.3 is 0 Å². The third kappa shape index (κ3) is 3.65. The van der Waals surface area contributed by atoms with E-state index in [0.717, 1.165) is 6.07 Å². The van der Waals surface area contributed by atoms with Gasteiger partial charge in [0.05, 0.1) is 0 Å². The first kappa shape index (κ1) is 13.3. The molecule has 0 aromatic heterocycles. The fourth-order valence-electron chi connectivity index (χ4n) is 1.23. The average molecular weight is 264 g/mol. The summed E-state index contributed by atoms with van der Waals surface area (Å²) in [4.78, 5) is 11.6. The second kappa shape index (κ2) is 5.51. The lowest BCUT2D eigenvalue weighted by Gasteiger charge is -2.13. The highest BCUT2D eigenvalue weighted by molar-refractivity contribution is 6.32. The number of benzene rings is 1. The molecule has 0 aliphatic carbocycles. The maximum Gasteiger partial charge on any atom is 0.242 e. The molecule has 0 aliphatic heterocycles. The van der Waals surface area contributed by atoms with Crippen molar-refractivity contribution in [1.29, 1.82) is 0 Å². The van der Waals surface area contributed by atoms with Crippen LogP contribution in [0.15, 0.2) is 18.2 Å². The summed E-state index contributed by atoms with van der Waals surface area (Å²) >= 11 is 11.6. The lowest BCUT2D eigenvalue weighted by Crippen LogP contribution is -2.32. The molecule has 2 nitrogen and oxygen atoms in total. The highest BCUT2D eigenvalue weighted by Crippen LogP contribution is 2.25. The van der Waals surface area contributed by atoms with Crippen LogP contribution in [0.25, 0.3) is 0 Å². The van der Waals surface area contributed by atoms with Crippen molar-refractivity contribution in [2.24, 2.45) is 0 Å². The van der Waals surface area contributed by atoms with Crippen LogP contribution in [0.4, 0.5) is 4.39 Å². The third-order valence-electron chi connectivity index (χ3n) is 1.84. The second-order valence-corrected chi connectivity index (χ2v) is 4.60. The number of nitrogens with one attached hydrogen (secondary N) is 1. The molecule has 1 atom stereocenters. The highest BCUT2D eigenvalue weighted by Gasteiger charge is 2.19. The van der Waals surface area contributed by atoms with Crippen molar-refractivity contribution in [3.05, 3.63) is 34.6 Å². The zero-order valence-corrected chi connectivity index (χ0v) is 10.4. The van der Waals surface area contributed by atoms with Crippen molar-refractivity contribution in [3.63, 3.8) is 0 Å². The van der Waals surface area contributed by atoms with Crippen LogP contribution in [0.2, 0.25) is 5.02 Å². The van der Waals surface area contributed by atoms with Crippen LogP contribution in [0.1, 0.15) is 24.8 Å². The summed E-state index contributed by atoms with van der Waals surface area (Å²) in [5.74, 6) is -0.871. The Morgan fingerprint density at radius 2 is 2.00 bits per heavy atom. The molecular formula is C11H12Cl2FNO. The van der Waals surface area contributed by atoms with Gasteiger partial charge in [0.2, 0.25) is 5.91 Å². The van der Waals surface area contributed by atoms with Gasteiger partial charge in [0, 0.05) is 11.1 Å². The second-order valence-electron chi connectivity index (χ2n) is 3.73. The van der Waals surface area contributed by atoms with E-state index < -0.39 is 11.2 Å². The number of carbonyl (C=O) groups is 1. The van der Waals surface area contributed by atoms with Gasteiger partial charge in [0.15, 0.2) is 0 Å². The van der Waals surface area contributed by atoms with E-state index in [1.165, 1.54) is 12.1 Å². The van der Waals surface area contributed by atoms with Gasteiger partial charge in [0.1, 0.15) is 11.2 Å². The molecule has 0 aliphatic rings. The predicted octanol–water partition coefficient (Wildman–Crippen LogP) is 3.28. The van der Waals surface area contributed by atoms with Gasteiger partial charge in [-0.1, -0.05) is 11.6 Å². The van der Waals surface area contributed by atoms with Crippen molar-refractivity contribution in [1.82, 2.24) is 5.32 Å². The first-order chi connectivity index (χ1) is 7.40. The molecule has 0 heterocycles. The Balaban J connectivity index is 2.87. The lowest BCUT2D eigenvalue weighted by molar-refractivity contribution is -0.121. The van der Waals surface area contributed by atoms with Crippen molar-refractivity contribution < 1.29 is 9.18 Å². The number of carbonyl (C=O) groups excluding carboxylic acids is 1. The Hall–Kier alpha value is -0.800. The minimum Gasteiger partial charge on any atom is -0.352 e. The Morgan fingerprint density at radius 3 is 2.50 bits per heavy atom. The quantitative estimate of drug-likeness (QED) is 0.834. The van der Waals surface area contributed by atoms with E-state index in [1.54, 1.807) is 0 Å². The van der Waals surface area contributed by atoms with Crippen LogP contribution in [0, 0.1) is 5.82 Å². The van der Waals surface area contributed by atoms with Gasteiger partial charge < -0.3 is 5.32 Å². The summed E-state index contributed by atoms with van der Waals surface area (Å²) in [5, 5.41) is 1.93. The molecular weight excluding hydrogens is 252 g/mol. The number of hydrogen-bond acceptors (Lipinski definition) is 1. The molecule has 88 valence electrons. The van der Waals surface area contributed by atoms with Gasteiger partial charge in [-0.2, -0.15) is 0 Å². The monoisotopic (exact) mass is 263 g/mol. The summed E-state index contributed by atoms with van der Waals surface area (Å²) in [5.41, 5.74) is 0.352. The molecule has 5 heteroatoms. The Morgan fingerprint density at radius 1 is 1.38 bits per heavy atom. The predicted molar refractivity (Wildman–Crippen MR) is 63.3 cm³/mol. The zero-order valence-electron chi connectivity index (χ0n) is 8.93. The van der Waals surface area contributed by atoms with E-state index >= 15 is 0 Å². The number of amides is 1. The maximum absolute atomic E-state index is 13.0. The van der Waals surface area contributed by atoms with E-state index in [1.807, 2.05) is 13.8 Å². The number of rotatable bonds is 3. The number of hydrogen-bond donors (Lipinski definition) is 1. The van der Waals surface area contributed by atoms with E-state index in [0.29, 0.717) is 5.56 Å². The number of alkyl halides is 1. The topological polar surface area (TPSA) is 29.1 Å². The Labute approximate surface area is 104 Å². The van der Waals surface area contributed by atoms with Crippen LogP contribution < -0.4 is 5.32 Å². The Bertz CT molecular complexity index is 375. The molecule has 1 rings (SSSR count). The van der Waals surface area contributed by atoms with E-state index in [4.69, 9.17) is 23.2 Å². The molecule has 1 aromatic rings. The van der Waals surface area contributed by atoms with Gasteiger partial charge in [-0.25, -0.2) is 4.39 Å². The Kier molecular flexibility index (Phi) is 4.56. The van der Waals surface area contributed by atoms with Crippen molar-refractivity contribution >= 4 is 29.1 Å². The largest absolute Gasteiger partial charge is 0.352 e. The van der Waals surface area contributed by atoms with E-state index in [-0.39, 0.29) is 17.0 Å². The molecule has 0 saturated heterocycles. The summed E-state index contributed by atoms with van der Waals surface area (Å²) in [6, 6.07) is 3.82.